The number of benzene rings is 3. The molecular weight excluding hydrogens is 534 g/mol. The van der Waals surface area contributed by atoms with Gasteiger partial charge in [0.25, 0.3) is 5.91 Å². The lowest BCUT2D eigenvalue weighted by Crippen LogP contribution is -2.18. The van der Waals surface area contributed by atoms with E-state index in [1.807, 2.05) is 78.9 Å². The average Bonchev–Trinajstić information content (AvgIpc) is 3.53. The van der Waals surface area contributed by atoms with Gasteiger partial charge in [-0.2, -0.15) is 5.10 Å². The number of furan rings is 1. The maximum absolute atomic E-state index is 13.4. The molecule has 8 heteroatoms. The topological polar surface area (TPSA) is 86.0 Å². The number of hydrazone groups is 1. The number of hydrogen-bond acceptors (Lipinski definition) is 7. The SMILES string of the molecule is CCCOc1cccc(-c2cc(C(=O)N/N=C/c3ccc(OC)c(CSCc4ccco4)c3)c3ccccc3n2)c1. The van der Waals surface area contributed by atoms with E-state index in [2.05, 4.69) is 17.5 Å². The van der Waals surface area contributed by atoms with Crippen molar-refractivity contribution in [2.75, 3.05) is 13.7 Å². The molecular formula is C33H31N3O4S. The van der Waals surface area contributed by atoms with Gasteiger partial charge < -0.3 is 13.9 Å². The summed E-state index contributed by atoms with van der Waals surface area (Å²) >= 11 is 1.73. The van der Waals surface area contributed by atoms with Gasteiger partial charge in [0.1, 0.15) is 17.3 Å². The van der Waals surface area contributed by atoms with E-state index >= 15 is 0 Å². The number of aromatic nitrogens is 1. The van der Waals surface area contributed by atoms with E-state index in [1.54, 1.807) is 37.4 Å². The molecule has 0 aliphatic carbocycles. The van der Waals surface area contributed by atoms with Crippen LogP contribution in [0.15, 0.2) is 101 Å². The number of nitrogens with zero attached hydrogens (tertiary/aromatic N) is 2. The van der Waals surface area contributed by atoms with Gasteiger partial charge in [-0.05, 0) is 66.6 Å². The highest BCUT2D eigenvalue weighted by atomic mass is 32.2. The van der Waals surface area contributed by atoms with Gasteiger partial charge in [-0.15, -0.1) is 11.8 Å². The molecule has 0 aliphatic heterocycles. The molecule has 3 aromatic carbocycles. The summed E-state index contributed by atoms with van der Waals surface area (Å²) in [5, 5.41) is 5.02. The van der Waals surface area contributed by atoms with Crippen molar-refractivity contribution >= 4 is 34.8 Å². The van der Waals surface area contributed by atoms with Crippen molar-refractivity contribution in [3.63, 3.8) is 0 Å². The minimum absolute atomic E-state index is 0.317. The van der Waals surface area contributed by atoms with E-state index in [0.29, 0.717) is 17.9 Å². The third-order valence-electron chi connectivity index (χ3n) is 6.33. The van der Waals surface area contributed by atoms with Crippen LogP contribution in [-0.2, 0) is 11.5 Å². The predicted octanol–water partition coefficient (Wildman–Crippen LogP) is 7.49. The molecule has 7 nitrogen and oxygen atoms in total. The fraction of sp³-hybridized carbons (Fsp3) is 0.182. The lowest BCUT2D eigenvalue weighted by atomic mass is 10.0. The minimum Gasteiger partial charge on any atom is -0.496 e. The van der Waals surface area contributed by atoms with Crippen LogP contribution in [0.1, 0.15) is 40.6 Å². The Morgan fingerprint density at radius 2 is 1.93 bits per heavy atom. The van der Waals surface area contributed by atoms with Crippen molar-refractivity contribution in [3.8, 4) is 22.8 Å². The van der Waals surface area contributed by atoms with Crippen LogP contribution in [0.5, 0.6) is 11.5 Å². The van der Waals surface area contributed by atoms with Crippen LogP contribution in [0.4, 0.5) is 0 Å². The lowest BCUT2D eigenvalue weighted by molar-refractivity contribution is 0.0956. The largest absolute Gasteiger partial charge is 0.496 e. The molecule has 0 saturated heterocycles. The highest BCUT2D eigenvalue weighted by Crippen LogP contribution is 2.28. The van der Waals surface area contributed by atoms with E-state index in [9.17, 15) is 4.79 Å². The van der Waals surface area contributed by atoms with Crippen molar-refractivity contribution in [1.82, 2.24) is 10.4 Å². The van der Waals surface area contributed by atoms with E-state index in [-0.39, 0.29) is 5.91 Å². The van der Waals surface area contributed by atoms with Crippen molar-refractivity contribution in [3.05, 3.63) is 114 Å². The van der Waals surface area contributed by atoms with Gasteiger partial charge in [0.15, 0.2) is 0 Å². The number of ether oxygens (including phenoxy) is 2. The van der Waals surface area contributed by atoms with Gasteiger partial charge in [-0.3, -0.25) is 4.79 Å². The second-order valence-electron chi connectivity index (χ2n) is 9.29. The lowest BCUT2D eigenvalue weighted by Gasteiger charge is -2.11. The number of pyridine rings is 1. The first kappa shape index (κ1) is 28.0. The number of thioether (sulfide) groups is 1. The Balaban J connectivity index is 1.33. The second kappa shape index (κ2) is 13.7. The molecule has 0 saturated carbocycles. The number of rotatable bonds is 12. The molecule has 0 atom stereocenters. The third kappa shape index (κ3) is 7.15. The molecule has 0 spiro atoms. The third-order valence-corrected chi connectivity index (χ3v) is 7.33. The number of carbonyl (C=O) groups is 1. The van der Waals surface area contributed by atoms with Gasteiger partial charge in [0, 0.05) is 22.3 Å². The van der Waals surface area contributed by atoms with E-state index in [4.69, 9.17) is 18.9 Å². The van der Waals surface area contributed by atoms with Crippen molar-refractivity contribution in [2.45, 2.75) is 24.9 Å². The quantitative estimate of drug-likeness (QED) is 0.125. The summed E-state index contributed by atoms with van der Waals surface area (Å²) in [5.41, 5.74) is 7.36. The van der Waals surface area contributed by atoms with Gasteiger partial charge in [-0.1, -0.05) is 37.3 Å². The highest BCUT2D eigenvalue weighted by Gasteiger charge is 2.14. The highest BCUT2D eigenvalue weighted by molar-refractivity contribution is 7.97. The molecule has 2 aromatic heterocycles. The Hall–Kier alpha value is -4.56. The summed E-state index contributed by atoms with van der Waals surface area (Å²) in [7, 11) is 1.66. The number of para-hydroxylation sites is 1. The minimum atomic E-state index is -0.317. The summed E-state index contributed by atoms with van der Waals surface area (Å²) in [4.78, 5) is 18.2. The zero-order valence-corrected chi connectivity index (χ0v) is 23.8. The van der Waals surface area contributed by atoms with Crippen LogP contribution in [0.2, 0.25) is 0 Å². The van der Waals surface area contributed by atoms with E-state index in [0.717, 1.165) is 62.8 Å². The maximum atomic E-state index is 13.4. The van der Waals surface area contributed by atoms with Gasteiger partial charge >= 0.3 is 0 Å². The molecule has 0 fully saturated rings. The van der Waals surface area contributed by atoms with Crippen LogP contribution in [0, 0.1) is 0 Å². The number of fused-ring (bicyclic) bond motifs is 1. The molecule has 0 radical (unpaired) electrons. The van der Waals surface area contributed by atoms with Crippen LogP contribution < -0.4 is 14.9 Å². The summed E-state index contributed by atoms with van der Waals surface area (Å²) in [6.07, 6.45) is 4.24. The Kier molecular flexibility index (Phi) is 9.34. The number of amides is 1. The fourth-order valence-corrected chi connectivity index (χ4v) is 5.26. The average molecular weight is 566 g/mol. The zero-order chi connectivity index (χ0) is 28.4. The molecule has 1 N–H and O–H groups in total. The van der Waals surface area contributed by atoms with Gasteiger partial charge in [0.05, 0.1) is 48.7 Å². The first-order valence-corrected chi connectivity index (χ1v) is 14.5. The molecule has 0 unspecified atom stereocenters. The summed E-state index contributed by atoms with van der Waals surface area (Å²) in [5.74, 6) is 3.70. The monoisotopic (exact) mass is 565 g/mol. The summed E-state index contributed by atoms with van der Waals surface area (Å²) in [6, 6.07) is 26.8. The fourth-order valence-electron chi connectivity index (χ4n) is 4.35. The molecule has 2 heterocycles. The number of hydrogen-bond donors (Lipinski definition) is 1. The first-order chi connectivity index (χ1) is 20.1. The standard InChI is InChI=1S/C33H31N3O4S/c1-3-15-39-26-9-6-8-24(18-26)31-19-29(28-11-4-5-12-30(28)35-31)33(37)36-34-20-23-13-14-32(38-2)25(17-23)21-41-22-27-10-7-16-40-27/h4-14,16-20H,3,15,21-22H2,1-2H3,(H,36,37)/b34-20+. The number of nitrogens with one attached hydrogen (secondary N) is 1. The van der Waals surface area contributed by atoms with Crippen molar-refractivity contribution in [1.29, 1.82) is 0 Å². The van der Waals surface area contributed by atoms with Crippen LogP contribution >= 0.6 is 11.8 Å². The van der Waals surface area contributed by atoms with E-state index in [1.165, 1.54) is 0 Å². The predicted molar refractivity (Wildman–Crippen MR) is 165 cm³/mol. The van der Waals surface area contributed by atoms with Crippen LogP contribution in [0.3, 0.4) is 0 Å². The molecule has 0 bridgehead atoms. The Labute approximate surface area is 243 Å². The van der Waals surface area contributed by atoms with Gasteiger partial charge in [0.2, 0.25) is 0 Å². The molecule has 41 heavy (non-hydrogen) atoms. The molecule has 208 valence electrons. The Morgan fingerprint density at radius 3 is 2.76 bits per heavy atom. The molecule has 5 rings (SSSR count). The van der Waals surface area contributed by atoms with Crippen LogP contribution in [0.25, 0.3) is 22.2 Å². The Morgan fingerprint density at radius 1 is 1.02 bits per heavy atom. The number of carbonyl (C=O) groups excluding carboxylic acids is 1. The number of methoxy groups -OCH3 is 1. The Bertz CT molecular complexity index is 1650. The van der Waals surface area contributed by atoms with Crippen molar-refractivity contribution in [2.24, 2.45) is 5.10 Å². The summed E-state index contributed by atoms with van der Waals surface area (Å²) in [6.45, 7) is 2.71. The molecule has 5 aromatic rings. The van der Waals surface area contributed by atoms with E-state index < -0.39 is 0 Å². The zero-order valence-electron chi connectivity index (χ0n) is 23.0. The first-order valence-electron chi connectivity index (χ1n) is 13.4. The molecule has 0 aliphatic rings. The van der Waals surface area contributed by atoms with Crippen molar-refractivity contribution < 1.29 is 18.7 Å². The normalized spacial score (nSPS) is 11.2. The summed E-state index contributed by atoms with van der Waals surface area (Å²) < 4.78 is 16.8. The van der Waals surface area contributed by atoms with Gasteiger partial charge in [-0.25, -0.2) is 10.4 Å². The second-order valence-corrected chi connectivity index (χ2v) is 10.3. The molecule has 1 amide bonds. The smallest absolute Gasteiger partial charge is 0.272 e. The maximum Gasteiger partial charge on any atom is 0.272 e. The van der Waals surface area contributed by atoms with Crippen LogP contribution in [-0.4, -0.2) is 30.8 Å².